The second kappa shape index (κ2) is 29.6. The predicted octanol–water partition coefficient (Wildman–Crippen LogP) is -0.229. The molecule has 35 atom stereocenters. The summed E-state index contributed by atoms with van der Waals surface area (Å²) in [4.78, 5) is 69.2. The average Bonchev–Trinajstić information content (AvgIpc) is 0.663. The van der Waals surface area contributed by atoms with Gasteiger partial charge in [0.05, 0.1) is 48.5 Å². The van der Waals surface area contributed by atoms with E-state index >= 15 is 4.79 Å². The van der Waals surface area contributed by atoms with Crippen LogP contribution < -0.4 is 0 Å². The van der Waals surface area contributed by atoms with E-state index in [4.69, 9.17) is 61.6 Å². The molecule has 12 N–H and O–H groups in total. The van der Waals surface area contributed by atoms with Crippen molar-refractivity contribution in [3.8, 4) is 0 Å². The Morgan fingerprint density at radius 2 is 1.22 bits per heavy atom. The van der Waals surface area contributed by atoms with Gasteiger partial charge in [-0.05, 0) is 129 Å². The molecule has 0 bridgehead atoms. The SMILES string of the molecule is CC(=O)OC1C(OC(=O)/C=C/c2ccc(C)cc2)C(C)OC(OC(=O)[C@]23CCC(C)(C)C[C@H]2C2C=C[C@@H]4[C@@]5(C)CC[C@H](OC6OC(OC=O)C(O)C(OC7OCC(O)C(O)C7O)C6OC6OC(CO)C(O)C(O)C6O)[C@@](C)(C=O)[C@@H]5CC[C@@]4(C)[C@]2(C)C[C@H]3O)C1OC1OC(C)C(O)C(O)C1O. The maximum absolute atomic E-state index is 16.0. The number of hydrogen-bond donors (Lipinski definition) is 12. The van der Waals surface area contributed by atoms with Gasteiger partial charge in [-0.15, -0.1) is 0 Å². The monoisotopic (exact) mass is 1430 g/mol. The summed E-state index contributed by atoms with van der Waals surface area (Å²) >= 11 is 0. The minimum absolute atomic E-state index is 0.0299. The molecule has 1 aromatic carbocycles. The Balaban J connectivity index is 0.891. The first-order valence-electron chi connectivity index (χ1n) is 35.0. The molecule has 30 nitrogen and oxygen atoms in total. The van der Waals surface area contributed by atoms with E-state index in [2.05, 4.69) is 46.8 Å². The Hall–Kier alpha value is -4.59. The van der Waals surface area contributed by atoms with E-state index in [1.54, 1.807) is 19.1 Å². The minimum atomic E-state index is -2.04. The van der Waals surface area contributed by atoms with Crippen molar-refractivity contribution in [2.75, 3.05) is 13.2 Å². The number of rotatable bonds is 18. The molecule has 30 heteroatoms. The van der Waals surface area contributed by atoms with E-state index in [9.17, 15) is 80.5 Å². The molecule has 0 radical (unpaired) electrons. The van der Waals surface area contributed by atoms with Crippen molar-refractivity contribution in [3.63, 3.8) is 0 Å². The lowest BCUT2D eigenvalue weighted by Crippen LogP contribution is -2.70. The van der Waals surface area contributed by atoms with Gasteiger partial charge in [0.25, 0.3) is 6.47 Å². The second-order valence-corrected chi connectivity index (χ2v) is 31.6. The normalized spacial score (nSPS) is 49.5. The first-order chi connectivity index (χ1) is 47.5. The molecule has 0 spiro atoms. The number of allylic oxidation sites excluding steroid dienone is 2. The summed E-state index contributed by atoms with van der Waals surface area (Å²) in [5.74, 6) is -4.38. The van der Waals surface area contributed by atoms with Crippen LogP contribution in [-0.4, -0.2) is 265 Å². The zero-order valence-corrected chi connectivity index (χ0v) is 58.4. The molecule has 101 heavy (non-hydrogen) atoms. The van der Waals surface area contributed by atoms with Gasteiger partial charge < -0.3 is 128 Å². The van der Waals surface area contributed by atoms with Crippen molar-refractivity contribution in [1.82, 2.24) is 0 Å². The lowest BCUT2D eigenvalue weighted by Gasteiger charge is -2.72. The van der Waals surface area contributed by atoms with Crippen LogP contribution in [0.4, 0.5) is 0 Å². The van der Waals surface area contributed by atoms with Crippen molar-refractivity contribution in [1.29, 1.82) is 0 Å². The number of fused-ring (bicyclic) bond motifs is 7. The first kappa shape index (κ1) is 77.5. The third kappa shape index (κ3) is 13.9. The van der Waals surface area contributed by atoms with Crippen LogP contribution in [0.2, 0.25) is 0 Å². The van der Waals surface area contributed by atoms with E-state index in [0.29, 0.717) is 37.7 Å². The molecule has 10 aliphatic rings. The minimum Gasteiger partial charge on any atom is -0.455 e. The number of carbonyl (C=O) groups excluding carboxylic acids is 5. The summed E-state index contributed by atoms with van der Waals surface area (Å²) in [5, 5.41) is 133. The smallest absolute Gasteiger partial charge is 0.331 e. The van der Waals surface area contributed by atoms with Crippen LogP contribution in [0.25, 0.3) is 6.08 Å². The molecule has 5 aliphatic carbocycles. The summed E-state index contributed by atoms with van der Waals surface area (Å²) < 4.78 is 79.1. The summed E-state index contributed by atoms with van der Waals surface area (Å²) in [5.41, 5.74) is -3.87. The zero-order valence-electron chi connectivity index (χ0n) is 58.4. The van der Waals surface area contributed by atoms with Gasteiger partial charge in [-0.25, -0.2) is 4.79 Å². The van der Waals surface area contributed by atoms with Crippen molar-refractivity contribution in [2.45, 2.75) is 280 Å². The Kier molecular flexibility index (Phi) is 22.7. The third-order valence-electron chi connectivity index (χ3n) is 25.0. The standard InChI is InChI=1S/C71H102O30/c1-31-11-13-35(14-12-31)15-18-44(78)96-54-33(3)92-63(58(56(54)93-34(4)75)99-61-51(85)48(82)45(79)32(2)91-61)101-65(88)71-24-23-66(5,6)25-37(71)36-16-17-41-67(7)21-20-43(68(8,29-73)40(67)19-22-69(41,9)70(36,10)26-42(71)77)95-64-57(98-62-52(86)49(83)47(81)39(27-72)94-62)55(53(87)60(100-64)90-30-74)97-59-50(84)46(80)38(76)28-89-59/h11-18,29-30,32-33,36-43,45-64,72,76-77,79-87H,19-28H2,1-10H3/b18-15+/t32?,33?,36?,37-,38?,39?,40+,41+,42+,43-,45?,46?,47?,48?,49?,50?,51?,52?,53?,54?,55?,56?,57?,58?,59?,60?,61?,62?,63?,64?,67-,68-,69+,70+,71+/m0/s1. The zero-order chi connectivity index (χ0) is 73.5. The van der Waals surface area contributed by atoms with E-state index in [0.717, 1.165) is 18.8 Å². The topological polar surface area (TPSA) is 448 Å². The lowest BCUT2D eigenvalue weighted by molar-refractivity contribution is -0.410. The number of aryl methyl sites for hydroxylation is 1. The number of carbonyl (C=O) groups is 5. The van der Waals surface area contributed by atoms with E-state index in [1.165, 1.54) is 26.0 Å². The molecule has 25 unspecified atom stereocenters. The van der Waals surface area contributed by atoms with Crippen LogP contribution in [0, 0.1) is 63.1 Å². The van der Waals surface area contributed by atoms with Crippen LogP contribution in [-0.2, 0) is 85.6 Å². The highest BCUT2D eigenvalue weighted by atomic mass is 16.8. The third-order valence-corrected chi connectivity index (χ3v) is 25.0. The van der Waals surface area contributed by atoms with Gasteiger partial charge in [0.15, 0.2) is 43.5 Å². The second-order valence-electron chi connectivity index (χ2n) is 31.6. The van der Waals surface area contributed by atoms with Gasteiger partial charge in [-0.2, -0.15) is 0 Å². The molecular weight excluding hydrogens is 1330 g/mol. The van der Waals surface area contributed by atoms with Crippen LogP contribution in [0.3, 0.4) is 0 Å². The number of aliphatic hydroxyl groups is 12. The van der Waals surface area contributed by atoms with Crippen LogP contribution >= 0.6 is 0 Å². The van der Waals surface area contributed by atoms with Crippen LogP contribution in [0.15, 0.2) is 42.5 Å². The number of esters is 3. The molecule has 5 aliphatic heterocycles. The molecule has 0 aromatic heterocycles. The molecule has 5 saturated heterocycles. The van der Waals surface area contributed by atoms with Crippen LogP contribution in [0.5, 0.6) is 0 Å². The molecule has 5 heterocycles. The van der Waals surface area contributed by atoms with E-state index in [-0.39, 0.29) is 37.1 Å². The fourth-order valence-electron chi connectivity index (χ4n) is 19.0. The highest BCUT2D eigenvalue weighted by molar-refractivity contribution is 5.87. The fraction of sp³-hybridized carbons (Fsp3) is 0.789. The Bertz CT molecular complexity index is 3170. The molecule has 0 amide bonds. The van der Waals surface area contributed by atoms with Gasteiger partial charge in [0.2, 0.25) is 12.6 Å². The summed E-state index contributed by atoms with van der Waals surface area (Å²) in [7, 11) is 0. The van der Waals surface area contributed by atoms with E-state index < -0.39 is 236 Å². The molecule has 11 rings (SSSR count). The van der Waals surface area contributed by atoms with Crippen molar-refractivity contribution >= 4 is 36.7 Å². The van der Waals surface area contributed by atoms with Gasteiger partial charge >= 0.3 is 17.9 Å². The molecule has 1 aromatic rings. The average molecular weight is 1440 g/mol. The number of hydrogen-bond acceptors (Lipinski definition) is 30. The highest BCUT2D eigenvalue weighted by Crippen LogP contribution is 2.76. The maximum atomic E-state index is 16.0. The molecule has 9 fully saturated rings. The fourth-order valence-corrected chi connectivity index (χ4v) is 19.0. The quantitative estimate of drug-likeness (QED) is 0.0226. The van der Waals surface area contributed by atoms with Gasteiger partial charge in [0.1, 0.15) is 85.6 Å². The number of ether oxygens (including phenoxy) is 13. The van der Waals surface area contributed by atoms with Crippen LogP contribution in [0.1, 0.15) is 125 Å². The van der Waals surface area contributed by atoms with Crippen molar-refractivity contribution in [3.05, 3.63) is 53.6 Å². The summed E-state index contributed by atoms with van der Waals surface area (Å²) in [6, 6.07) is 7.32. The Morgan fingerprint density at radius 3 is 1.87 bits per heavy atom. The summed E-state index contributed by atoms with van der Waals surface area (Å²) in [6.45, 7) is 16.9. The highest BCUT2D eigenvalue weighted by Gasteiger charge is 2.74. The Morgan fingerprint density at radius 1 is 0.584 bits per heavy atom. The van der Waals surface area contributed by atoms with Gasteiger partial charge in [0, 0.05) is 13.0 Å². The molecule has 4 saturated carbocycles. The molecule has 566 valence electrons. The summed E-state index contributed by atoms with van der Waals surface area (Å²) in [6.07, 6.45) is -34.0. The predicted molar refractivity (Wildman–Crippen MR) is 342 cm³/mol. The van der Waals surface area contributed by atoms with Crippen molar-refractivity contribution in [2.24, 2.45) is 56.2 Å². The lowest BCUT2D eigenvalue weighted by atomic mass is 9.32. The van der Waals surface area contributed by atoms with Crippen molar-refractivity contribution < 1.29 is 147 Å². The van der Waals surface area contributed by atoms with Gasteiger partial charge in [-0.1, -0.05) is 83.5 Å². The maximum Gasteiger partial charge on any atom is 0.331 e. The number of benzene rings is 1. The molecular formula is C71H102O30. The van der Waals surface area contributed by atoms with Gasteiger partial charge in [-0.3, -0.25) is 14.4 Å². The number of aliphatic hydroxyl groups excluding tert-OH is 12. The van der Waals surface area contributed by atoms with E-state index in [1.807, 2.05) is 19.1 Å². The first-order valence-corrected chi connectivity index (χ1v) is 35.0. The number of aldehydes is 1. The Labute approximate surface area is 585 Å². The largest absolute Gasteiger partial charge is 0.455 e.